The van der Waals surface area contributed by atoms with Gasteiger partial charge in [-0.1, -0.05) is 13.3 Å². The van der Waals surface area contributed by atoms with Gasteiger partial charge >= 0.3 is 0 Å². The van der Waals surface area contributed by atoms with Gasteiger partial charge in [0.1, 0.15) is 0 Å². The van der Waals surface area contributed by atoms with Crippen molar-refractivity contribution in [1.82, 2.24) is 5.32 Å². The first-order valence-electron chi connectivity index (χ1n) is 5.67. The highest BCUT2D eigenvalue weighted by Gasteiger charge is 2.02. The summed E-state index contributed by atoms with van der Waals surface area (Å²) in [5.74, 6) is 5.78. The predicted octanol–water partition coefficient (Wildman–Crippen LogP) is 1.17. The van der Waals surface area contributed by atoms with Gasteiger partial charge in [-0.2, -0.15) is 0 Å². The van der Waals surface area contributed by atoms with Crippen LogP contribution in [0.3, 0.4) is 0 Å². The number of hydrogen-bond donors (Lipinski definition) is 2. The van der Waals surface area contributed by atoms with Crippen molar-refractivity contribution in [3.63, 3.8) is 0 Å². The number of aliphatic hydroxyl groups is 1. The summed E-state index contributed by atoms with van der Waals surface area (Å²) in [7, 11) is 0. The molecule has 15 heavy (non-hydrogen) atoms. The molecule has 0 aliphatic rings. The Labute approximate surface area is 93.2 Å². The maximum Gasteiger partial charge on any atom is 0.0897 e. The van der Waals surface area contributed by atoms with Gasteiger partial charge in [0.25, 0.3) is 0 Å². The maximum atomic E-state index is 9.48. The molecule has 0 saturated heterocycles. The van der Waals surface area contributed by atoms with Crippen LogP contribution in [0.1, 0.15) is 33.1 Å². The smallest absolute Gasteiger partial charge is 0.0897 e. The van der Waals surface area contributed by atoms with Gasteiger partial charge in [-0.3, -0.25) is 0 Å². The lowest BCUT2D eigenvalue weighted by atomic mass is 10.3. The van der Waals surface area contributed by atoms with E-state index in [2.05, 4.69) is 24.1 Å². The van der Waals surface area contributed by atoms with Gasteiger partial charge in [0.05, 0.1) is 12.7 Å². The highest BCUT2D eigenvalue weighted by atomic mass is 16.5. The van der Waals surface area contributed by atoms with Crippen molar-refractivity contribution in [2.75, 3.05) is 26.3 Å². The van der Waals surface area contributed by atoms with E-state index in [0.717, 1.165) is 32.4 Å². The van der Waals surface area contributed by atoms with E-state index >= 15 is 0 Å². The number of nitrogens with one attached hydrogen (secondary N) is 1. The van der Waals surface area contributed by atoms with Gasteiger partial charge in [0, 0.05) is 26.1 Å². The molecule has 88 valence electrons. The standard InChI is InChI=1S/C12H23NO2/c1-3-5-7-8-13-10-12(14)11-15-9-6-4-2/h12-14H,4,6-11H2,1-2H3. The number of hydrogen-bond acceptors (Lipinski definition) is 3. The number of ether oxygens (including phenoxy) is 1. The van der Waals surface area contributed by atoms with E-state index in [1.165, 1.54) is 0 Å². The largest absolute Gasteiger partial charge is 0.389 e. The van der Waals surface area contributed by atoms with Crippen LogP contribution in [0.5, 0.6) is 0 Å². The van der Waals surface area contributed by atoms with E-state index in [0.29, 0.717) is 13.2 Å². The molecule has 0 spiro atoms. The Kier molecular flexibility index (Phi) is 11.1. The lowest BCUT2D eigenvalue weighted by Gasteiger charge is -2.11. The third kappa shape index (κ3) is 11.4. The molecule has 0 fully saturated rings. The van der Waals surface area contributed by atoms with E-state index in [1.807, 2.05) is 6.92 Å². The van der Waals surface area contributed by atoms with Crippen LogP contribution in [-0.2, 0) is 4.74 Å². The molecular formula is C12H23NO2. The number of rotatable bonds is 9. The number of unbranched alkanes of at least 4 members (excludes halogenated alkanes) is 1. The molecule has 1 atom stereocenters. The molecule has 0 aromatic rings. The molecule has 0 aliphatic heterocycles. The normalized spacial score (nSPS) is 11.9. The zero-order valence-electron chi connectivity index (χ0n) is 9.88. The molecule has 1 unspecified atom stereocenters. The Morgan fingerprint density at radius 2 is 2.27 bits per heavy atom. The third-order valence-corrected chi connectivity index (χ3v) is 1.94. The van der Waals surface area contributed by atoms with Crippen LogP contribution in [0.2, 0.25) is 0 Å². The van der Waals surface area contributed by atoms with Gasteiger partial charge in [0.2, 0.25) is 0 Å². The first-order valence-corrected chi connectivity index (χ1v) is 5.67. The Hall–Kier alpha value is -0.560. The molecule has 0 heterocycles. The van der Waals surface area contributed by atoms with Crippen LogP contribution in [0.15, 0.2) is 0 Å². The summed E-state index contributed by atoms with van der Waals surface area (Å²) in [6.45, 7) is 6.53. The van der Waals surface area contributed by atoms with E-state index in [-0.39, 0.29) is 0 Å². The molecule has 3 heteroatoms. The Balaban J connectivity index is 3.17. The van der Waals surface area contributed by atoms with E-state index in [1.54, 1.807) is 0 Å². The highest BCUT2D eigenvalue weighted by Crippen LogP contribution is 1.90. The van der Waals surface area contributed by atoms with Gasteiger partial charge < -0.3 is 15.2 Å². The van der Waals surface area contributed by atoms with E-state index < -0.39 is 6.10 Å². The summed E-state index contributed by atoms with van der Waals surface area (Å²) in [5, 5.41) is 12.6. The summed E-state index contributed by atoms with van der Waals surface area (Å²) in [6.07, 6.45) is 2.62. The summed E-state index contributed by atoms with van der Waals surface area (Å²) in [6, 6.07) is 0. The van der Waals surface area contributed by atoms with Crippen LogP contribution in [0.25, 0.3) is 0 Å². The second-order valence-electron chi connectivity index (χ2n) is 3.46. The molecule has 0 rings (SSSR count). The quantitative estimate of drug-likeness (QED) is 0.446. The average molecular weight is 213 g/mol. The van der Waals surface area contributed by atoms with Crippen molar-refractivity contribution in [3.05, 3.63) is 0 Å². The monoisotopic (exact) mass is 213 g/mol. The van der Waals surface area contributed by atoms with Crippen LogP contribution in [-0.4, -0.2) is 37.5 Å². The molecule has 0 amide bonds. The lowest BCUT2D eigenvalue weighted by molar-refractivity contribution is 0.0361. The highest BCUT2D eigenvalue weighted by molar-refractivity contribution is 4.95. The van der Waals surface area contributed by atoms with Crippen molar-refractivity contribution in [1.29, 1.82) is 0 Å². The minimum absolute atomic E-state index is 0.406. The van der Waals surface area contributed by atoms with Crippen molar-refractivity contribution in [2.45, 2.75) is 39.2 Å². The van der Waals surface area contributed by atoms with Crippen molar-refractivity contribution < 1.29 is 9.84 Å². The summed E-state index contributed by atoms with van der Waals surface area (Å²) in [4.78, 5) is 0. The van der Waals surface area contributed by atoms with Crippen LogP contribution in [0.4, 0.5) is 0 Å². The zero-order chi connectivity index (χ0) is 11.4. The Morgan fingerprint density at radius 3 is 2.93 bits per heavy atom. The molecule has 0 aromatic carbocycles. The number of aliphatic hydroxyl groups excluding tert-OH is 1. The average Bonchev–Trinajstić information content (AvgIpc) is 2.24. The Morgan fingerprint density at radius 1 is 1.47 bits per heavy atom. The predicted molar refractivity (Wildman–Crippen MR) is 62.7 cm³/mol. The molecule has 3 nitrogen and oxygen atoms in total. The molecule has 0 aromatic heterocycles. The fourth-order valence-electron chi connectivity index (χ4n) is 1.07. The van der Waals surface area contributed by atoms with Crippen molar-refractivity contribution in [3.8, 4) is 11.8 Å². The minimum atomic E-state index is -0.406. The summed E-state index contributed by atoms with van der Waals surface area (Å²) < 4.78 is 5.30. The minimum Gasteiger partial charge on any atom is -0.389 e. The van der Waals surface area contributed by atoms with Gasteiger partial charge in [-0.15, -0.1) is 11.8 Å². The van der Waals surface area contributed by atoms with Gasteiger partial charge in [-0.05, 0) is 13.3 Å². The molecule has 0 bridgehead atoms. The Bertz CT molecular complexity index is 184. The zero-order valence-corrected chi connectivity index (χ0v) is 9.88. The van der Waals surface area contributed by atoms with Crippen LogP contribution >= 0.6 is 0 Å². The van der Waals surface area contributed by atoms with Crippen molar-refractivity contribution in [2.24, 2.45) is 0 Å². The van der Waals surface area contributed by atoms with Crippen LogP contribution in [0, 0.1) is 11.8 Å². The van der Waals surface area contributed by atoms with Gasteiger partial charge in [-0.25, -0.2) is 0 Å². The third-order valence-electron chi connectivity index (χ3n) is 1.94. The summed E-state index contributed by atoms with van der Waals surface area (Å²) >= 11 is 0. The molecule has 0 radical (unpaired) electrons. The molecule has 0 saturated carbocycles. The summed E-state index contributed by atoms with van der Waals surface area (Å²) in [5.41, 5.74) is 0. The van der Waals surface area contributed by atoms with Gasteiger partial charge in [0.15, 0.2) is 0 Å². The SMILES string of the molecule is CC#CCCNCC(O)COCCCC. The lowest BCUT2D eigenvalue weighted by Crippen LogP contribution is -2.31. The second-order valence-corrected chi connectivity index (χ2v) is 3.46. The van der Waals surface area contributed by atoms with Crippen LogP contribution < -0.4 is 5.32 Å². The molecular weight excluding hydrogens is 190 g/mol. The fraction of sp³-hybridized carbons (Fsp3) is 0.833. The maximum absolute atomic E-state index is 9.48. The molecule has 2 N–H and O–H groups in total. The first-order chi connectivity index (χ1) is 7.31. The fourth-order valence-corrected chi connectivity index (χ4v) is 1.07. The van der Waals surface area contributed by atoms with E-state index in [9.17, 15) is 5.11 Å². The first kappa shape index (κ1) is 14.4. The second kappa shape index (κ2) is 11.5. The molecule has 0 aliphatic carbocycles. The van der Waals surface area contributed by atoms with Crippen molar-refractivity contribution >= 4 is 0 Å². The topological polar surface area (TPSA) is 41.5 Å². The van der Waals surface area contributed by atoms with E-state index in [4.69, 9.17) is 4.74 Å².